The van der Waals surface area contributed by atoms with E-state index in [1.54, 1.807) is 18.3 Å². The van der Waals surface area contributed by atoms with Gasteiger partial charge in [0, 0.05) is 18.8 Å². The van der Waals surface area contributed by atoms with E-state index in [4.69, 9.17) is 9.84 Å². The maximum absolute atomic E-state index is 11.7. The lowest BCUT2D eigenvalue weighted by atomic mass is 10.2. The summed E-state index contributed by atoms with van der Waals surface area (Å²) in [4.78, 5) is 26.7. The van der Waals surface area contributed by atoms with Crippen molar-refractivity contribution in [3.63, 3.8) is 0 Å². The highest BCUT2D eigenvalue weighted by atomic mass is 32.2. The molecule has 1 aromatic heterocycles. The molecule has 1 rings (SSSR count). The molecule has 0 saturated carbocycles. The highest BCUT2D eigenvalue weighted by Gasteiger charge is 2.18. The van der Waals surface area contributed by atoms with E-state index < -0.39 is 18.0 Å². The molecule has 1 aromatic rings. The lowest BCUT2D eigenvalue weighted by Crippen LogP contribution is -2.46. The van der Waals surface area contributed by atoms with Gasteiger partial charge in [-0.3, -0.25) is 0 Å². The Bertz CT molecular complexity index is 484. The number of ether oxygens (including phenoxy) is 1. The molecular formula is C13H19N3O4S. The lowest BCUT2D eigenvalue weighted by Gasteiger charge is -2.14. The van der Waals surface area contributed by atoms with Crippen LogP contribution in [0.25, 0.3) is 0 Å². The number of pyridine rings is 1. The van der Waals surface area contributed by atoms with E-state index in [-0.39, 0.29) is 6.54 Å². The summed E-state index contributed by atoms with van der Waals surface area (Å²) in [6, 6.07) is 2.04. The fraction of sp³-hybridized carbons (Fsp3) is 0.462. The highest BCUT2D eigenvalue weighted by molar-refractivity contribution is 7.98. The summed E-state index contributed by atoms with van der Waals surface area (Å²) in [5, 5.41) is 14.1. The summed E-state index contributed by atoms with van der Waals surface area (Å²) in [7, 11) is 1.51. The Morgan fingerprint density at radius 2 is 2.29 bits per heavy atom. The predicted molar refractivity (Wildman–Crippen MR) is 80.6 cm³/mol. The number of carboxylic acid groups (broad SMARTS) is 1. The van der Waals surface area contributed by atoms with Gasteiger partial charge in [-0.15, -0.1) is 0 Å². The Kier molecular flexibility index (Phi) is 7.38. The zero-order valence-electron chi connectivity index (χ0n) is 12.0. The molecule has 116 valence electrons. The first-order valence-corrected chi connectivity index (χ1v) is 7.71. The smallest absolute Gasteiger partial charge is 0.326 e. The standard InChI is InChI=1S/C13H19N3O4S/c1-20-11-7-9(3-5-14-11)8-15-13(19)16-10(12(17)18)4-6-21-2/h3,5,7,10H,4,6,8H2,1-2H3,(H,17,18)(H2,15,16,19). The molecule has 0 aliphatic heterocycles. The fourth-order valence-corrected chi connectivity index (χ4v) is 2.03. The molecule has 0 radical (unpaired) electrons. The average molecular weight is 313 g/mol. The molecule has 1 heterocycles. The van der Waals surface area contributed by atoms with Gasteiger partial charge in [0.15, 0.2) is 0 Å². The van der Waals surface area contributed by atoms with Crippen LogP contribution in [0, 0.1) is 0 Å². The van der Waals surface area contributed by atoms with Gasteiger partial charge in [0.2, 0.25) is 5.88 Å². The van der Waals surface area contributed by atoms with Gasteiger partial charge in [0.05, 0.1) is 7.11 Å². The van der Waals surface area contributed by atoms with E-state index in [9.17, 15) is 9.59 Å². The molecule has 3 N–H and O–H groups in total. The Morgan fingerprint density at radius 1 is 1.52 bits per heavy atom. The normalized spacial score (nSPS) is 11.5. The minimum Gasteiger partial charge on any atom is -0.481 e. The van der Waals surface area contributed by atoms with E-state index in [0.717, 1.165) is 5.56 Å². The monoisotopic (exact) mass is 313 g/mol. The minimum atomic E-state index is -1.04. The molecule has 0 aromatic carbocycles. The van der Waals surface area contributed by atoms with Gasteiger partial charge in [0.25, 0.3) is 0 Å². The third-order valence-corrected chi connectivity index (χ3v) is 3.32. The Labute approximate surface area is 127 Å². The van der Waals surface area contributed by atoms with Crippen LogP contribution in [0.5, 0.6) is 5.88 Å². The van der Waals surface area contributed by atoms with Gasteiger partial charge in [0.1, 0.15) is 6.04 Å². The molecule has 1 atom stereocenters. The number of nitrogens with zero attached hydrogens (tertiary/aromatic N) is 1. The van der Waals surface area contributed by atoms with E-state index in [2.05, 4.69) is 15.6 Å². The molecule has 8 heteroatoms. The fourth-order valence-electron chi connectivity index (χ4n) is 1.56. The molecule has 2 amide bonds. The van der Waals surface area contributed by atoms with Crippen LogP contribution in [-0.2, 0) is 11.3 Å². The maximum Gasteiger partial charge on any atom is 0.326 e. The van der Waals surface area contributed by atoms with Crippen molar-refractivity contribution in [3.05, 3.63) is 23.9 Å². The maximum atomic E-state index is 11.7. The third kappa shape index (κ3) is 6.35. The number of hydrogen-bond acceptors (Lipinski definition) is 5. The molecule has 0 fully saturated rings. The second-order valence-corrected chi connectivity index (χ2v) is 5.19. The van der Waals surface area contributed by atoms with Crippen molar-refractivity contribution < 1.29 is 19.4 Å². The topological polar surface area (TPSA) is 101 Å². The van der Waals surface area contributed by atoms with E-state index in [1.165, 1.54) is 18.9 Å². The summed E-state index contributed by atoms with van der Waals surface area (Å²) in [5.41, 5.74) is 0.813. The third-order valence-electron chi connectivity index (χ3n) is 2.68. The zero-order valence-corrected chi connectivity index (χ0v) is 12.8. The number of amides is 2. The van der Waals surface area contributed by atoms with Crippen LogP contribution in [0.4, 0.5) is 4.79 Å². The van der Waals surface area contributed by atoms with Crippen LogP contribution in [0.15, 0.2) is 18.3 Å². The van der Waals surface area contributed by atoms with Crippen LogP contribution < -0.4 is 15.4 Å². The van der Waals surface area contributed by atoms with Gasteiger partial charge < -0.3 is 20.5 Å². The van der Waals surface area contributed by atoms with Crippen molar-refractivity contribution in [3.8, 4) is 5.88 Å². The second kappa shape index (κ2) is 9.06. The molecule has 7 nitrogen and oxygen atoms in total. The van der Waals surface area contributed by atoms with Gasteiger partial charge in [-0.05, 0) is 30.1 Å². The number of hydrogen-bond donors (Lipinski definition) is 3. The van der Waals surface area contributed by atoms with Crippen molar-refractivity contribution >= 4 is 23.8 Å². The van der Waals surface area contributed by atoms with Crippen molar-refractivity contribution in [2.24, 2.45) is 0 Å². The molecular weight excluding hydrogens is 294 g/mol. The highest BCUT2D eigenvalue weighted by Crippen LogP contribution is 2.08. The number of nitrogens with one attached hydrogen (secondary N) is 2. The van der Waals surface area contributed by atoms with Crippen LogP contribution in [0.2, 0.25) is 0 Å². The van der Waals surface area contributed by atoms with Crippen molar-refractivity contribution in [1.82, 2.24) is 15.6 Å². The number of aliphatic carboxylic acids is 1. The summed E-state index contributed by atoms with van der Waals surface area (Å²) < 4.78 is 4.98. The first-order chi connectivity index (χ1) is 10.1. The SMILES string of the molecule is COc1cc(CNC(=O)NC(CCSC)C(=O)O)ccn1. The molecule has 0 spiro atoms. The van der Waals surface area contributed by atoms with E-state index in [0.29, 0.717) is 18.1 Å². The molecule has 0 saturated heterocycles. The summed E-state index contributed by atoms with van der Waals surface area (Å²) in [5.74, 6) is 0.0848. The molecule has 0 aliphatic rings. The minimum absolute atomic E-state index is 0.263. The van der Waals surface area contributed by atoms with Gasteiger partial charge in [-0.2, -0.15) is 11.8 Å². The number of carbonyl (C=O) groups excluding carboxylic acids is 1. The number of urea groups is 1. The molecule has 1 unspecified atom stereocenters. The lowest BCUT2D eigenvalue weighted by molar-refractivity contribution is -0.139. The summed E-state index contributed by atoms with van der Waals surface area (Å²) in [6.07, 6.45) is 3.84. The van der Waals surface area contributed by atoms with Crippen molar-refractivity contribution in [1.29, 1.82) is 0 Å². The quantitative estimate of drug-likeness (QED) is 0.664. The first-order valence-electron chi connectivity index (χ1n) is 6.32. The number of carbonyl (C=O) groups is 2. The molecule has 21 heavy (non-hydrogen) atoms. The average Bonchev–Trinajstić information content (AvgIpc) is 2.49. The Morgan fingerprint density at radius 3 is 2.90 bits per heavy atom. The zero-order chi connectivity index (χ0) is 15.7. The molecule has 0 aliphatic carbocycles. The predicted octanol–water partition coefficient (Wildman–Crippen LogP) is 1.10. The van der Waals surface area contributed by atoms with Gasteiger partial charge >= 0.3 is 12.0 Å². The number of thioether (sulfide) groups is 1. The second-order valence-electron chi connectivity index (χ2n) is 4.21. The Hall–Kier alpha value is -1.96. The number of carboxylic acids is 1. The summed E-state index contributed by atoms with van der Waals surface area (Å²) >= 11 is 1.53. The number of rotatable bonds is 8. The van der Waals surface area contributed by atoms with E-state index in [1.807, 2.05) is 6.26 Å². The van der Waals surface area contributed by atoms with Gasteiger partial charge in [-0.25, -0.2) is 14.6 Å². The number of aromatic nitrogens is 1. The Balaban J connectivity index is 2.46. The van der Waals surface area contributed by atoms with Crippen LogP contribution >= 0.6 is 11.8 Å². The molecule has 0 bridgehead atoms. The van der Waals surface area contributed by atoms with Crippen LogP contribution in [0.1, 0.15) is 12.0 Å². The summed E-state index contributed by atoms with van der Waals surface area (Å²) in [6.45, 7) is 0.263. The van der Waals surface area contributed by atoms with Crippen LogP contribution in [-0.4, -0.2) is 47.3 Å². The van der Waals surface area contributed by atoms with Gasteiger partial charge in [-0.1, -0.05) is 0 Å². The van der Waals surface area contributed by atoms with Crippen molar-refractivity contribution in [2.75, 3.05) is 19.1 Å². The largest absolute Gasteiger partial charge is 0.481 e. The van der Waals surface area contributed by atoms with Crippen molar-refractivity contribution in [2.45, 2.75) is 19.0 Å². The first kappa shape index (κ1) is 17.1. The number of methoxy groups -OCH3 is 1. The van der Waals surface area contributed by atoms with Crippen LogP contribution in [0.3, 0.4) is 0 Å². The van der Waals surface area contributed by atoms with E-state index >= 15 is 0 Å².